The standard InChI is InChI=1S/C30H23N7O/c1-20-14-28(36-25-9-5-6-21(15-25)16-31)37-29(35-20)24-11-13-27(33-19-24)30(38)34-18-22-10-12-26(32-17-22)23-7-3-2-4-8-23/h2-15,17,19H,18H2,1H3,(H,34,38)(H,35,36,37). The first-order valence-electron chi connectivity index (χ1n) is 12.0. The molecule has 0 saturated carbocycles. The summed E-state index contributed by atoms with van der Waals surface area (Å²) in [6.45, 7) is 2.21. The van der Waals surface area contributed by atoms with Gasteiger partial charge in [0.25, 0.3) is 5.91 Å². The maximum absolute atomic E-state index is 12.7. The Morgan fingerprint density at radius 3 is 2.47 bits per heavy atom. The Hall–Kier alpha value is -5.42. The Kier molecular flexibility index (Phi) is 7.09. The lowest BCUT2D eigenvalue weighted by Crippen LogP contribution is -2.23. The van der Waals surface area contributed by atoms with Crippen LogP contribution in [-0.2, 0) is 6.54 Å². The molecule has 0 aliphatic rings. The van der Waals surface area contributed by atoms with E-state index in [0.29, 0.717) is 35.0 Å². The van der Waals surface area contributed by atoms with Gasteiger partial charge in [-0.1, -0.05) is 42.5 Å². The molecule has 0 aliphatic heterocycles. The van der Waals surface area contributed by atoms with E-state index in [1.54, 1.807) is 42.7 Å². The summed E-state index contributed by atoms with van der Waals surface area (Å²) in [6, 6.07) is 28.3. The molecule has 5 aromatic rings. The number of nitriles is 1. The van der Waals surface area contributed by atoms with Crippen LogP contribution in [0.25, 0.3) is 22.6 Å². The Morgan fingerprint density at radius 2 is 1.74 bits per heavy atom. The minimum Gasteiger partial charge on any atom is -0.347 e. The number of nitrogens with one attached hydrogen (secondary N) is 2. The number of anilines is 2. The zero-order valence-electron chi connectivity index (χ0n) is 20.6. The summed E-state index contributed by atoms with van der Waals surface area (Å²) in [5, 5.41) is 15.2. The Labute approximate surface area is 220 Å². The van der Waals surface area contributed by atoms with Crippen molar-refractivity contribution in [1.29, 1.82) is 5.26 Å². The molecule has 3 heterocycles. The van der Waals surface area contributed by atoms with E-state index >= 15 is 0 Å². The lowest BCUT2D eigenvalue weighted by atomic mass is 10.1. The van der Waals surface area contributed by atoms with Crippen LogP contribution in [0.5, 0.6) is 0 Å². The second-order valence-electron chi connectivity index (χ2n) is 8.57. The third-order valence-corrected chi connectivity index (χ3v) is 5.72. The van der Waals surface area contributed by atoms with Crippen LogP contribution in [0.2, 0.25) is 0 Å². The topological polar surface area (TPSA) is 116 Å². The van der Waals surface area contributed by atoms with E-state index in [0.717, 1.165) is 28.2 Å². The number of hydrogen-bond donors (Lipinski definition) is 2. The summed E-state index contributed by atoms with van der Waals surface area (Å²) in [4.78, 5) is 30.6. The SMILES string of the molecule is Cc1cc(Nc2cccc(C#N)c2)nc(-c2ccc(C(=O)NCc3ccc(-c4ccccc4)nc3)nc2)n1. The largest absolute Gasteiger partial charge is 0.347 e. The number of benzene rings is 2. The molecule has 0 fully saturated rings. The number of aromatic nitrogens is 4. The number of aryl methyl sites for hydroxylation is 1. The highest BCUT2D eigenvalue weighted by Gasteiger charge is 2.11. The van der Waals surface area contributed by atoms with Crippen molar-refractivity contribution in [2.75, 3.05) is 5.32 Å². The van der Waals surface area contributed by atoms with Crippen LogP contribution in [0.4, 0.5) is 11.5 Å². The van der Waals surface area contributed by atoms with Crippen molar-refractivity contribution in [3.63, 3.8) is 0 Å². The molecule has 1 amide bonds. The molecule has 0 bridgehead atoms. The van der Waals surface area contributed by atoms with Gasteiger partial charge in [-0.2, -0.15) is 5.26 Å². The van der Waals surface area contributed by atoms with Crippen LogP contribution < -0.4 is 10.6 Å². The van der Waals surface area contributed by atoms with Crippen molar-refractivity contribution in [2.24, 2.45) is 0 Å². The van der Waals surface area contributed by atoms with Crippen LogP contribution in [0.3, 0.4) is 0 Å². The third-order valence-electron chi connectivity index (χ3n) is 5.72. The highest BCUT2D eigenvalue weighted by molar-refractivity contribution is 5.92. The zero-order valence-corrected chi connectivity index (χ0v) is 20.6. The van der Waals surface area contributed by atoms with Gasteiger partial charge in [-0.05, 0) is 48.9 Å². The number of rotatable bonds is 7. The van der Waals surface area contributed by atoms with Crippen LogP contribution in [-0.4, -0.2) is 25.8 Å². The van der Waals surface area contributed by atoms with E-state index in [1.165, 1.54) is 0 Å². The molecule has 8 nitrogen and oxygen atoms in total. The second kappa shape index (κ2) is 11.1. The predicted molar refractivity (Wildman–Crippen MR) is 145 cm³/mol. The predicted octanol–water partition coefficient (Wildman–Crippen LogP) is 5.45. The first-order chi connectivity index (χ1) is 18.6. The van der Waals surface area contributed by atoms with Crippen molar-refractivity contribution >= 4 is 17.4 Å². The molecule has 184 valence electrons. The lowest BCUT2D eigenvalue weighted by Gasteiger charge is -2.09. The highest BCUT2D eigenvalue weighted by Crippen LogP contribution is 2.21. The van der Waals surface area contributed by atoms with Crippen LogP contribution in [0.1, 0.15) is 27.3 Å². The first kappa shape index (κ1) is 24.3. The highest BCUT2D eigenvalue weighted by atomic mass is 16.1. The van der Waals surface area contributed by atoms with E-state index in [-0.39, 0.29) is 5.91 Å². The van der Waals surface area contributed by atoms with E-state index < -0.39 is 0 Å². The fourth-order valence-electron chi connectivity index (χ4n) is 3.82. The van der Waals surface area contributed by atoms with Gasteiger partial charge in [0.15, 0.2) is 5.82 Å². The van der Waals surface area contributed by atoms with E-state index in [1.807, 2.05) is 61.5 Å². The number of hydrogen-bond acceptors (Lipinski definition) is 7. The monoisotopic (exact) mass is 497 g/mol. The van der Waals surface area contributed by atoms with Crippen LogP contribution >= 0.6 is 0 Å². The zero-order chi connectivity index (χ0) is 26.3. The van der Waals surface area contributed by atoms with Crippen molar-refractivity contribution in [1.82, 2.24) is 25.3 Å². The van der Waals surface area contributed by atoms with Gasteiger partial charge in [0.2, 0.25) is 0 Å². The van der Waals surface area contributed by atoms with Crippen molar-refractivity contribution in [3.05, 3.63) is 120 Å². The first-order valence-corrected chi connectivity index (χ1v) is 12.0. The molecule has 0 unspecified atom stereocenters. The Bertz CT molecular complexity index is 1610. The fourth-order valence-corrected chi connectivity index (χ4v) is 3.82. The summed E-state index contributed by atoms with van der Waals surface area (Å²) in [5.41, 5.74) is 5.86. The molecule has 0 saturated heterocycles. The number of carbonyl (C=O) groups excluding carboxylic acids is 1. The van der Waals surface area contributed by atoms with Gasteiger partial charge in [-0.15, -0.1) is 0 Å². The Morgan fingerprint density at radius 1 is 0.868 bits per heavy atom. The number of pyridine rings is 2. The normalized spacial score (nSPS) is 10.4. The van der Waals surface area contributed by atoms with E-state index in [9.17, 15) is 4.79 Å². The summed E-state index contributed by atoms with van der Waals surface area (Å²) in [7, 11) is 0. The smallest absolute Gasteiger partial charge is 0.270 e. The maximum atomic E-state index is 12.7. The third kappa shape index (κ3) is 5.86. The van der Waals surface area contributed by atoms with Gasteiger partial charge in [-0.25, -0.2) is 9.97 Å². The van der Waals surface area contributed by atoms with Gasteiger partial charge >= 0.3 is 0 Å². The van der Waals surface area contributed by atoms with Crippen molar-refractivity contribution in [3.8, 4) is 28.7 Å². The number of amides is 1. The van der Waals surface area contributed by atoms with Crippen molar-refractivity contribution < 1.29 is 4.79 Å². The van der Waals surface area contributed by atoms with E-state index in [2.05, 4.69) is 36.6 Å². The molecule has 38 heavy (non-hydrogen) atoms. The molecule has 0 spiro atoms. The average molecular weight is 498 g/mol. The minimum atomic E-state index is -0.284. The molecule has 0 atom stereocenters. The second-order valence-corrected chi connectivity index (χ2v) is 8.57. The number of carbonyl (C=O) groups is 1. The molecule has 8 heteroatoms. The molecule has 2 N–H and O–H groups in total. The molecule has 5 rings (SSSR count). The molecule has 3 aromatic heterocycles. The van der Waals surface area contributed by atoms with Gasteiger partial charge in [0.05, 0.1) is 17.3 Å². The molecule has 0 aliphatic carbocycles. The van der Waals surface area contributed by atoms with Gasteiger partial charge in [0, 0.05) is 47.5 Å². The summed E-state index contributed by atoms with van der Waals surface area (Å²) in [5.74, 6) is 0.790. The quantitative estimate of drug-likeness (QED) is 0.307. The summed E-state index contributed by atoms with van der Waals surface area (Å²) >= 11 is 0. The minimum absolute atomic E-state index is 0.284. The van der Waals surface area contributed by atoms with E-state index in [4.69, 9.17) is 5.26 Å². The van der Waals surface area contributed by atoms with Gasteiger partial charge in [-0.3, -0.25) is 14.8 Å². The lowest BCUT2D eigenvalue weighted by molar-refractivity contribution is 0.0946. The number of nitrogens with zero attached hydrogens (tertiary/aromatic N) is 5. The summed E-state index contributed by atoms with van der Waals surface area (Å²) < 4.78 is 0. The van der Waals surface area contributed by atoms with Crippen LogP contribution in [0, 0.1) is 18.3 Å². The maximum Gasteiger partial charge on any atom is 0.270 e. The molecule has 0 radical (unpaired) electrons. The van der Waals surface area contributed by atoms with Crippen molar-refractivity contribution in [2.45, 2.75) is 13.5 Å². The van der Waals surface area contributed by atoms with Gasteiger partial charge in [0.1, 0.15) is 11.5 Å². The summed E-state index contributed by atoms with van der Waals surface area (Å²) in [6.07, 6.45) is 3.34. The molecule has 2 aromatic carbocycles. The van der Waals surface area contributed by atoms with Crippen LogP contribution in [0.15, 0.2) is 97.3 Å². The Balaban J connectivity index is 1.23. The fraction of sp³-hybridized carbons (Fsp3) is 0.0667. The average Bonchev–Trinajstić information content (AvgIpc) is 2.96. The van der Waals surface area contributed by atoms with Gasteiger partial charge < -0.3 is 10.6 Å². The molecular formula is C30H23N7O. The molecular weight excluding hydrogens is 474 g/mol.